The minimum absolute atomic E-state index is 0.122. The van der Waals surface area contributed by atoms with E-state index in [0.717, 1.165) is 50.7 Å². The molecule has 21 heavy (non-hydrogen) atoms. The summed E-state index contributed by atoms with van der Waals surface area (Å²) in [4.78, 5) is 16.5. The highest BCUT2D eigenvalue weighted by atomic mass is 19.1. The molecule has 0 saturated carbocycles. The van der Waals surface area contributed by atoms with Gasteiger partial charge in [-0.25, -0.2) is 8.78 Å². The Morgan fingerprint density at radius 1 is 1.33 bits per heavy atom. The van der Waals surface area contributed by atoms with Crippen molar-refractivity contribution in [2.45, 2.75) is 25.8 Å². The van der Waals surface area contributed by atoms with Crippen LogP contribution in [0.5, 0.6) is 0 Å². The van der Waals surface area contributed by atoms with Crippen LogP contribution in [0.3, 0.4) is 0 Å². The first kappa shape index (κ1) is 16.0. The summed E-state index contributed by atoms with van der Waals surface area (Å²) in [6, 6.07) is 3.33. The van der Waals surface area contributed by atoms with Gasteiger partial charge in [-0.05, 0) is 57.7 Å². The lowest BCUT2D eigenvalue weighted by atomic mass is 10.0. The van der Waals surface area contributed by atoms with E-state index in [1.807, 2.05) is 11.9 Å². The van der Waals surface area contributed by atoms with Gasteiger partial charge in [0, 0.05) is 6.04 Å². The first-order valence-electron chi connectivity index (χ1n) is 7.42. The van der Waals surface area contributed by atoms with Gasteiger partial charge in [-0.2, -0.15) is 0 Å². The number of carbonyl (C=O) groups excluding carboxylic acids is 1. The molecule has 0 bridgehead atoms. The van der Waals surface area contributed by atoms with E-state index in [1.165, 1.54) is 0 Å². The normalized spacial score (nSPS) is 17.4. The van der Waals surface area contributed by atoms with Gasteiger partial charge < -0.3 is 4.90 Å². The van der Waals surface area contributed by atoms with Gasteiger partial charge in [0.15, 0.2) is 5.78 Å². The van der Waals surface area contributed by atoms with Gasteiger partial charge in [-0.1, -0.05) is 6.92 Å². The fourth-order valence-corrected chi connectivity index (χ4v) is 2.83. The molecule has 1 aliphatic heterocycles. The molecule has 0 spiro atoms. The highest BCUT2D eigenvalue weighted by Crippen LogP contribution is 2.17. The number of halogens is 2. The van der Waals surface area contributed by atoms with Crippen LogP contribution in [0.1, 0.15) is 30.1 Å². The van der Waals surface area contributed by atoms with E-state index in [0.29, 0.717) is 6.04 Å². The lowest BCUT2D eigenvalue weighted by Crippen LogP contribution is -2.44. The number of carbonyl (C=O) groups is 1. The molecule has 1 aromatic carbocycles. The molecule has 1 aromatic rings. The molecule has 1 fully saturated rings. The smallest absolute Gasteiger partial charge is 0.179 e. The first-order chi connectivity index (χ1) is 10.0. The molecule has 1 aliphatic rings. The second-order valence-electron chi connectivity index (χ2n) is 5.63. The van der Waals surface area contributed by atoms with E-state index in [-0.39, 0.29) is 17.9 Å². The summed E-state index contributed by atoms with van der Waals surface area (Å²) in [5, 5.41) is 0. The zero-order valence-corrected chi connectivity index (χ0v) is 12.6. The molecule has 0 radical (unpaired) electrons. The van der Waals surface area contributed by atoms with Gasteiger partial charge in [-0.15, -0.1) is 0 Å². The monoisotopic (exact) mass is 296 g/mol. The Balaban J connectivity index is 1.95. The number of rotatable bonds is 5. The number of piperidine rings is 1. The van der Waals surface area contributed by atoms with Crippen LogP contribution in [0.2, 0.25) is 0 Å². The number of hydrogen-bond donors (Lipinski definition) is 0. The van der Waals surface area contributed by atoms with Crippen LogP contribution < -0.4 is 0 Å². The van der Waals surface area contributed by atoms with Crippen LogP contribution in [0.25, 0.3) is 0 Å². The molecule has 116 valence electrons. The number of hydrogen-bond acceptors (Lipinski definition) is 3. The number of likely N-dealkylation sites (tertiary alicyclic amines) is 1. The van der Waals surface area contributed by atoms with Crippen molar-refractivity contribution in [2.75, 3.05) is 33.2 Å². The van der Waals surface area contributed by atoms with Crippen molar-refractivity contribution in [2.24, 2.45) is 0 Å². The van der Waals surface area contributed by atoms with Gasteiger partial charge in [-0.3, -0.25) is 9.69 Å². The molecule has 0 aliphatic carbocycles. The SMILES string of the molecule is CCN1CCC(N(C)CC(=O)c2cc(F)ccc2F)CC1. The number of benzene rings is 1. The van der Waals surface area contributed by atoms with Crippen LogP contribution >= 0.6 is 0 Å². The van der Waals surface area contributed by atoms with Crippen molar-refractivity contribution in [1.82, 2.24) is 9.80 Å². The Labute approximate surface area is 124 Å². The van der Waals surface area contributed by atoms with E-state index in [9.17, 15) is 13.6 Å². The number of ketones is 1. The molecule has 0 amide bonds. The second-order valence-corrected chi connectivity index (χ2v) is 5.63. The largest absolute Gasteiger partial charge is 0.303 e. The van der Waals surface area contributed by atoms with Crippen molar-refractivity contribution < 1.29 is 13.6 Å². The summed E-state index contributed by atoms with van der Waals surface area (Å²) < 4.78 is 26.7. The third kappa shape index (κ3) is 4.08. The highest BCUT2D eigenvalue weighted by Gasteiger charge is 2.24. The maximum absolute atomic E-state index is 13.6. The van der Waals surface area contributed by atoms with E-state index in [4.69, 9.17) is 0 Å². The van der Waals surface area contributed by atoms with Crippen molar-refractivity contribution in [3.05, 3.63) is 35.4 Å². The summed E-state index contributed by atoms with van der Waals surface area (Å²) >= 11 is 0. The molecular formula is C16H22F2N2O. The second kappa shape index (κ2) is 7.09. The lowest BCUT2D eigenvalue weighted by molar-refractivity contribution is 0.0854. The highest BCUT2D eigenvalue weighted by molar-refractivity contribution is 5.97. The molecular weight excluding hydrogens is 274 g/mol. The molecule has 0 atom stereocenters. The topological polar surface area (TPSA) is 23.6 Å². The van der Waals surface area contributed by atoms with Gasteiger partial charge in [0.05, 0.1) is 12.1 Å². The molecule has 1 saturated heterocycles. The predicted molar refractivity (Wildman–Crippen MR) is 78.5 cm³/mol. The molecule has 1 heterocycles. The minimum Gasteiger partial charge on any atom is -0.303 e. The van der Waals surface area contributed by atoms with Crippen molar-refractivity contribution in [3.8, 4) is 0 Å². The van der Waals surface area contributed by atoms with Gasteiger partial charge in [0.1, 0.15) is 11.6 Å². The average Bonchev–Trinajstić information content (AvgIpc) is 2.49. The van der Waals surface area contributed by atoms with E-state index in [1.54, 1.807) is 0 Å². The fourth-order valence-electron chi connectivity index (χ4n) is 2.83. The van der Waals surface area contributed by atoms with Crippen LogP contribution in [-0.2, 0) is 0 Å². The van der Waals surface area contributed by atoms with Crippen LogP contribution in [0.15, 0.2) is 18.2 Å². The van der Waals surface area contributed by atoms with Gasteiger partial charge in [0.2, 0.25) is 0 Å². The maximum atomic E-state index is 13.6. The Bertz CT molecular complexity index is 499. The van der Waals surface area contributed by atoms with E-state index < -0.39 is 11.6 Å². The molecule has 0 unspecified atom stereocenters. The standard InChI is InChI=1S/C16H22F2N2O/c1-3-20-8-6-13(7-9-20)19(2)11-16(21)14-10-12(17)4-5-15(14)18/h4-5,10,13H,3,6-9,11H2,1-2H3. The molecule has 3 nitrogen and oxygen atoms in total. The first-order valence-corrected chi connectivity index (χ1v) is 7.42. The zero-order chi connectivity index (χ0) is 15.4. The average molecular weight is 296 g/mol. The van der Waals surface area contributed by atoms with Crippen molar-refractivity contribution >= 4 is 5.78 Å². The number of nitrogens with zero attached hydrogens (tertiary/aromatic N) is 2. The summed E-state index contributed by atoms with van der Waals surface area (Å²) in [5.41, 5.74) is -0.159. The summed E-state index contributed by atoms with van der Waals surface area (Å²) in [6.45, 7) is 5.35. The van der Waals surface area contributed by atoms with Gasteiger partial charge >= 0.3 is 0 Å². The quantitative estimate of drug-likeness (QED) is 0.780. The van der Waals surface area contributed by atoms with Crippen LogP contribution in [0.4, 0.5) is 8.78 Å². The Hall–Kier alpha value is -1.33. The van der Waals surface area contributed by atoms with Gasteiger partial charge in [0.25, 0.3) is 0 Å². The Morgan fingerprint density at radius 3 is 2.62 bits per heavy atom. The fraction of sp³-hybridized carbons (Fsp3) is 0.562. The molecule has 5 heteroatoms. The number of likely N-dealkylation sites (N-methyl/N-ethyl adjacent to an activating group) is 1. The summed E-state index contributed by atoms with van der Waals surface area (Å²) in [7, 11) is 1.88. The third-order valence-corrected chi connectivity index (χ3v) is 4.25. The van der Waals surface area contributed by atoms with Crippen LogP contribution in [0, 0.1) is 11.6 Å². The molecule has 2 rings (SSSR count). The number of Topliss-reactive ketones (excluding diaryl/α,β-unsaturated/α-hetero) is 1. The van der Waals surface area contributed by atoms with E-state index in [2.05, 4.69) is 11.8 Å². The molecule has 0 aromatic heterocycles. The predicted octanol–water partition coefficient (Wildman–Crippen LogP) is 2.56. The zero-order valence-electron chi connectivity index (χ0n) is 12.6. The Morgan fingerprint density at radius 2 is 2.00 bits per heavy atom. The van der Waals surface area contributed by atoms with E-state index >= 15 is 0 Å². The summed E-state index contributed by atoms with van der Waals surface area (Å²) in [6.07, 6.45) is 2.01. The molecule has 0 N–H and O–H groups in total. The minimum atomic E-state index is -0.657. The van der Waals surface area contributed by atoms with Crippen molar-refractivity contribution in [1.29, 1.82) is 0 Å². The summed E-state index contributed by atoms with van der Waals surface area (Å²) in [5.74, 6) is -1.61. The Kier molecular flexibility index (Phi) is 5.42. The van der Waals surface area contributed by atoms with Crippen molar-refractivity contribution in [3.63, 3.8) is 0 Å². The lowest BCUT2D eigenvalue weighted by Gasteiger charge is -2.36. The third-order valence-electron chi connectivity index (χ3n) is 4.25. The maximum Gasteiger partial charge on any atom is 0.179 e. The van der Waals surface area contributed by atoms with Crippen LogP contribution in [-0.4, -0.2) is 54.9 Å².